The maximum absolute atomic E-state index is 12.0. The molecule has 0 aliphatic rings. The SMILES string of the molecule is CC[C@@H](NCC(=O)Nc1sccc1C#N)c1ccc(Br)cc1. The van der Waals surface area contributed by atoms with Crippen LogP contribution < -0.4 is 10.6 Å². The van der Waals surface area contributed by atoms with Gasteiger partial charge < -0.3 is 10.6 Å². The lowest BCUT2D eigenvalue weighted by Crippen LogP contribution is -2.31. The summed E-state index contributed by atoms with van der Waals surface area (Å²) in [6.07, 6.45) is 0.886. The Morgan fingerprint density at radius 1 is 1.36 bits per heavy atom. The van der Waals surface area contributed by atoms with Gasteiger partial charge in [-0.2, -0.15) is 5.26 Å². The van der Waals surface area contributed by atoms with E-state index in [0.29, 0.717) is 10.6 Å². The van der Waals surface area contributed by atoms with Gasteiger partial charge in [-0.1, -0.05) is 35.0 Å². The summed E-state index contributed by atoms with van der Waals surface area (Å²) in [7, 11) is 0. The van der Waals surface area contributed by atoms with E-state index >= 15 is 0 Å². The van der Waals surface area contributed by atoms with Crippen LogP contribution in [0.15, 0.2) is 40.2 Å². The Balaban J connectivity index is 1.92. The fourth-order valence-corrected chi connectivity index (χ4v) is 3.09. The molecule has 1 amide bonds. The number of nitrogens with zero attached hydrogens (tertiary/aromatic N) is 1. The second-order valence-corrected chi connectivity index (χ2v) is 6.55. The van der Waals surface area contributed by atoms with E-state index in [9.17, 15) is 4.79 Å². The Morgan fingerprint density at radius 3 is 2.73 bits per heavy atom. The molecule has 1 heterocycles. The quantitative estimate of drug-likeness (QED) is 0.797. The predicted octanol–water partition coefficient (Wildman–Crippen LogP) is 4.06. The zero-order valence-corrected chi connectivity index (χ0v) is 14.5. The van der Waals surface area contributed by atoms with Crippen LogP contribution in [0.2, 0.25) is 0 Å². The molecular weight excluding hydrogens is 362 g/mol. The van der Waals surface area contributed by atoms with Crippen molar-refractivity contribution in [2.75, 3.05) is 11.9 Å². The third-order valence-electron chi connectivity index (χ3n) is 3.23. The highest BCUT2D eigenvalue weighted by Gasteiger charge is 2.12. The number of rotatable bonds is 6. The molecule has 1 aromatic carbocycles. The smallest absolute Gasteiger partial charge is 0.238 e. The molecule has 2 aromatic rings. The van der Waals surface area contributed by atoms with Crippen LogP contribution in [-0.2, 0) is 4.79 Å². The molecule has 0 aliphatic carbocycles. The number of halogens is 1. The van der Waals surface area contributed by atoms with Crippen LogP contribution in [0.1, 0.15) is 30.5 Å². The lowest BCUT2D eigenvalue weighted by atomic mass is 10.0. The zero-order valence-electron chi connectivity index (χ0n) is 12.1. The topological polar surface area (TPSA) is 64.9 Å². The minimum atomic E-state index is -0.144. The second kappa shape index (κ2) is 8.08. The summed E-state index contributed by atoms with van der Waals surface area (Å²) >= 11 is 4.77. The van der Waals surface area contributed by atoms with Gasteiger partial charge in [0.15, 0.2) is 0 Å². The average Bonchev–Trinajstić information content (AvgIpc) is 2.96. The van der Waals surface area contributed by atoms with Gasteiger partial charge in [-0.05, 0) is 35.6 Å². The van der Waals surface area contributed by atoms with Gasteiger partial charge in [0.2, 0.25) is 5.91 Å². The van der Waals surface area contributed by atoms with Crippen molar-refractivity contribution >= 4 is 38.2 Å². The fraction of sp³-hybridized carbons (Fsp3) is 0.250. The molecule has 2 rings (SSSR count). The van der Waals surface area contributed by atoms with Crippen molar-refractivity contribution in [2.45, 2.75) is 19.4 Å². The van der Waals surface area contributed by atoms with Crippen LogP contribution >= 0.6 is 27.3 Å². The van der Waals surface area contributed by atoms with E-state index in [2.05, 4.69) is 39.6 Å². The molecule has 2 N–H and O–H groups in total. The average molecular weight is 378 g/mol. The Labute approximate surface area is 142 Å². The van der Waals surface area contributed by atoms with E-state index in [0.717, 1.165) is 16.5 Å². The highest BCUT2D eigenvalue weighted by molar-refractivity contribution is 9.10. The summed E-state index contributed by atoms with van der Waals surface area (Å²) in [6.45, 7) is 2.28. The molecule has 6 heteroatoms. The van der Waals surface area contributed by atoms with Gasteiger partial charge in [-0.25, -0.2) is 0 Å². The van der Waals surface area contributed by atoms with Crippen LogP contribution in [0.3, 0.4) is 0 Å². The van der Waals surface area contributed by atoms with Crippen LogP contribution in [0.25, 0.3) is 0 Å². The van der Waals surface area contributed by atoms with Crippen molar-refractivity contribution in [1.82, 2.24) is 5.32 Å². The third-order valence-corrected chi connectivity index (χ3v) is 4.59. The number of benzene rings is 1. The molecule has 0 fully saturated rings. The molecule has 0 bridgehead atoms. The largest absolute Gasteiger partial charge is 0.315 e. The summed E-state index contributed by atoms with van der Waals surface area (Å²) in [5.74, 6) is -0.144. The van der Waals surface area contributed by atoms with Crippen LogP contribution in [0.4, 0.5) is 5.00 Å². The summed E-state index contributed by atoms with van der Waals surface area (Å²) in [6, 6.07) is 11.9. The van der Waals surface area contributed by atoms with E-state index in [1.165, 1.54) is 11.3 Å². The lowest BCUT2D eigenvalue weighted by molar-refractivity contribution is -0.115. The molecule has 1 aromatic heterocycles. The molecule has 4 nitrogen and oxygen atoms in total. The van der Waals surface area contributed by atoms with E-state index in [-0.39, 0.29) is 18.5 Å². The number of thiophene rings is 1. The number of carbonyl (C=O) groups excluding carboxylic acids is 1. The Morgan fingerprint density at radius 2 is 2.09 bits per heavy atom. The first-order chi connectivity index (χ1) is 10.6. The van der Waals surface area contributed by atoms with Crippen molar-refractivity contribution < 1.29 is 4.79 Å². The van der Waals surface area contributed by atoms with Crippen molar-refractivity contribution in [1.29, 1.82) is 5.26 Å². The molecule has 0 saturated heterocycles. The van der Waals surface area contributed by atoms with Crippen LogP contribution in [0, 0.1) is 11.3 Å². The Bertz CT molecular complexity index is 675. The molecule has 0 unspecified atom stereocenters. The number of hydrogen-bond donors (Lipinski definition) is 2. The maximum atomic E-state index is 12.0. The summed E-state index contributed by atoms with van der Waals surface area (Å²) in [5.41, 5.74) is 1.64. The fourth-order valence-electron chi connectivity index (χ4n) is 2.07. The van der Waals surface area contributed by atoms with Gasteiger partial charge in [0, 0.05) is 10.5 Å². The van der Waals surface area contributed by atoms with Gasteiger partial charge in [-0.15, -0.1) is 11.3 Å². The lowest BCUT2D eigenvalue weighted by Gasteiger charge is -2.17. The molecule has 1 atom stereocenters. The molecule has 0 saturated carbocycles. The van der Waals surface area contributed by atoms with E-state index < -0.39 is 0 Å². The first-order valence-electron chi connectivity index (χ1n) is 6.90. The van der Waals surface area contributed by atoms with E-state index in [4.69, 9.17) is 5.26 Å². The number of carbonyl (C=O) groups is 1. The van der Waals surface area contributed by atoms with Crippen molar-refractivity contribution in [2.24, 2.45) is 0 Å². The summed E-state index contributed by atoms with van der Waals surface area (Å²) in [4.78, 5) is 12.0. The van der Waals surface area contributed by atoms with E-state index in [1.807, 2.05) is 24.3 Å². The molecule has 114 valence electrons. The van der Waals surface area contributed by atoms with Crippen molar-refractivity contribution in [3.63, 3.8) is 0 Å². The number of anilines is 1. The second-order valence-electron chi connectivity index (χ2n) is 4.72. The number of nitriles is 1. The Hall–Kier alpha value is -1.68. The standard InChI is InChI=1S/C16H16BrN3OS/c1-2-14(11-3-5-13(17)6-4-11)19-10-15(21)20-16-12(9-18)7-8-22-16/h3-8,14,19H,2,10H2,1H3,(H,20,21)/t14-/m1/s1. The van der Waals surface area contributed by atoms with Crippen molar-refractivity contribution in [3.8, 4) is 6.07 Å². The highest BCUT2D eigenvalue weighted by Crippen LogP contribution is 2.22. The minimum absolute atomic E-state index is 0.123. The highest BCUT2D eigenvalue weighted by atomic mass is 79.9. The summed E-state index contributed by atoms with van der Waals surface area (Å²) < 4.78 is 1.03. The van der Waals surface area contributed by atoms with Gasteiger partial charge in [-0.3, -0.25) is 4.79 Å². The van der Waals surface area contributed by atoms with Crippen LogP contribution in [0.5, 0.6) is 0 Å². The molecular formula is C16H16BrN3OS. The number of nitrogens with one attached hydrogen (secondary N) is 2. The normalized spacial score (nSPS) is 11.7. The van der Waals surface area contributed by atoms with Gasteiger partial charge in [0.05, 0.1) is 12.1 Å². The molecule has 0 spiro atoms. The predicted molar refractivity (Wildman–Crippen MR) is 92.8 cm³/mol. The number of amides is 1. The third kappa shape index (κ3) is 4.41. The van der Waals surface area contributed by atoms with Gasteiger partial charge in [0.25, 0.3) is 0 Å². The molecule has 0 aliphatic heterocycles. The van der Waals surface area contributed by atoms with Gasteiger partial charge >= 0.3 is 0 Å². The van der Waals surface area contributed by atoms with Crippen molar-refractivity contribution in [3.05, 3.63) is 51.3 Å². The molecule has 0 radical (unpaired) electrons. The van der Waals surface area contributed by atoms with Crippen LogP contribution in [-0.4, -0.2) is 12.5 Å². The first-order valence-corrected chi connectivity index (χ1v) is 8.57. The Kier molecular flexibility index (Phi) is 6.13. The van der Waals surface area contributed by atoms with E-state index in [1.54, 1.807) is 11.4 Å². The maximum Gasteiger partial charge on any atom is 0.238 e. The van der Waals surface area contributed by atoms with Gasteiger partial charge in [0.1, 0.15) is 11.1 Å². The number of hydrogen-bond acceptors (Lipinski definition) is 4. The zero-order chi connectivity index (χ0) is 15.9. The molecule has 22 heavy (non-hydrogen) atoms. The summed E-state index contributed by atoms with van der Waals surface area (Å²) in [5, 5.41) is 17.3. The minimum Gasteiger partial charge on any atom is -0.315 e. The first kappa shape index (κ1) is 16.7. The monoisotopic (exact) mass is 377 g/mol.